The zero-order valence-corrected chi connectivity index (χ0v) is 15.7. The molecule has 0 aromatic carbocycles. The molecular weight excluding hydrogens is 304 g/mol. The van der Waals surface area contributed by atoms with E-state index in [4.69, 9.17) is 4.99 Å². The number of nitrogens with one attached hydrogen (secondary N) is 2. The maximum absolute atomic E-state index is 4.73. The highest BCUT2D eigenvalue weighted by atomic mass is 32.1. The van der Waals surface area contributed by atoms with Crippen LogP contribution in [0, 0.1) is 5.92 Å². The van der Waals surface area contributed by atoms with Crippen LogP contribution in [-0.4, -0.2) is 38.2 Å². The number of hydrogen-bond acceptors (Lipinski definition) is 3. The van der Waals surface area contributed by atoms with E-state index in [-0.39, 0.29) is 0 Å². The van der Waals surface area contributed by atoms with Gasteiger partial charge in [0.2, 0.25) is 0 Å². The third-order valence-corrected chi connectivity index (χ3v) is 5.14. The molecule has 0 radical (unpaired) electrons. The minimum Gasteiger partial charge on any atom is -0.363 e. The lowest BCUT2D eigenvalue weighted by atomic mass is 10.1. The number of guanidine groups is 1. The fourth-order valence-electron chi connectivity index (χ4n) is 2.90. The molecule has 0 amide bonds. The molecule has 1 aliphatic heterocycles. The van der Waals surface area contributed by atoms with Gasteiger partial charge in [0.25, 0.3) is 0 Å². The van der Waals surface area contributed by atoms with Crippen molar-refractivity contribution in [2.75, 3.05) is 31.1 Å². The summed E-state index contributed by atoms with van der Waals surface area (Å²) in [5.74, 6) is 1.76. The Bertz CT molecular complexity index is 448. The summed E-state index contributed by atoms with van der Waals surface area (Å²) in [6.45, 7) is 10.8. The Labute approximate surface area is 145 Å². The van der Waals surface area contributed by atoms with Crippen LogP contribution in [0.25, 0.3) is 0 Å². The van der Waals surface area contributed by atoms with Crippen LogP contribution in [-0.2, 0) is 0 Å². The van der Waals surface area contributed by atoms with E-state index in [2.05, 4.69) is 53.8 Å². The Morgan fingerprint density at radius 1 is 1.39 bits per heavy atom. The molecule has 1 saturated heterocycles. The average molecular weight is 337 g/mol. The number of piperidine rings is 1. The third-order valence-electron chi connectivity index (χ3n) is 4.21. The highest BCUT2D eigenvalue weighted by Gasteiger charge is 2.20. The first-order valence-corrected chi connectivity index (χ1v) is 9.90. The third kappa shape index (κ3) is 6.42. The van der Waals surface area contributed by atoms with Gasteiger partial charge in [-0.2, -0.15) is 0 Å². The quantitative estimate of drug-likeness (QED) is 0.453. The predicted molar refractivity (Wildman–Crippen MR) is 103 cm³/mol. The topological polar surface area (TPSA) is 39.7 Å². The highest BCUT2D eigenvalue weighted by molar-refractivity contribution is 7.14. The molecule has 0 saturated carbocycles. The lowest BCUT2D eigenvalue weighted by Gasteiger charge is -2.33. The molecule has 4 nitrogen and oxygen atoms in total. The first kappa shape index (κ1) is 18.1. The molecule has 1 fully saturated rings. The zero-order valence-electron chi connectivity index (χ0n) is 14.8. The Morgan fingerprint density at radius 3 is 2.78 bits per heavy atom. The summed E-state index contributed by atoms with van der Waals surface area (Å²) in [4.78, 5) is 7.23. The predicted octanol–water partition coefficient (Wildman–Crippen LogP) is 3.71. The zero-order chi connectivity index (χ0) is 16.5. The maximum Gasteiger partial charge on any atom is 0.191 e. The van der Waals surface area contributed by atoms with Crippen LogP contribution in [0.15, 0.2) is 22.5 Å². The van der Waals surface area contributed by atoms with Crippen molar-refractivity contribution in [3.05, 3.63) is 17.5 Å². The molecule has 0 aliphatic carbocycles. The van der Waals surface area contributed by atoms with E-state index in [0.717, 1.165) is 38.1 Å². The molecule has 0 atom stereocenters. The smallest absolute Gasteiger partial charge is 0.191 e. The lowest BCUT2D eigenvalue weighted by molar-refractivity contribution is 0.462. The number of nitrogens with zero attached hydrogens (tertiary/aromatic N) is 2. The van der Waals surface area contributed by atoms with Crippen LogP contribution in [0.3, 0.4) is 0 Å². The van der Waals surface area contributed by atoms with Gasteiger partial charge in [-0.15, -0.1) is 11.3 Å². The van der Waals surface area contributed by atoms with Crippen molar-refractivity contribution in [2.24, 2.45) is 10.9 Å². The van der Waals surface area contributed by atoms with E-state index in [1.807, 2.05) is 11.3 Å². The van der Waals surface area contributed by atoms with E-state index in [0.29, 0.717) is 6.04 Å². The lowest BCUT2D eigenvalue weighted by Crippen LogP contribution is -2.48. The average Bonchev–Trinajstić information content (AvgIpc) is 3.06. The van der Waals surface area contributed by atoms with E-state index < -0.39 is 0 Å². The van der Waals surface area contributed by atoms with Crippen LogP contribution in [0.2, 0.25) is 0 Å². The normalized spacial score (nSPS) is 16.9. The molecule has 130 valence electrons. The maximum atomic E-state index is 4.73. The molecular formula is C18H32N4S. The molecule has 1 aromatic rings. The molecule has 0 unspecified atom stereocenters. The summed E-state index contributed by atoms with van der Waals surface area (Å²) >= 11 is 1.84. The van der Waals surface area contributed by atoms with Crippen molar-refractivity contribution in [2.45, 2.75) is 52.5 Å². The SMILES string of the molecule is CCNC(=NCCCC(C)C)NC1CCN(c2cccs2)CC1. The first-order chi connectivity index (χ1) is 11.2. The van der Waals surface area contributed by atoms with Crippen molar-refractivity contribution >= 4 is 22.3 Å². The summed E-state index contributed by atoms with van der Waals surface area (Å²) in [5, 5.41) is 10.6. The second-order valence-corrected chi connectivity index (χ2v) is 7.58. The van der Waals surface area contributed by atoms with Gasteiger partial charge in [0.1, 0.15) is 0 Å². The summed E-state index contributed by atoms with van der Waals surface area (Å²) in [5.41, 5.74) is 0. The minimum atomic E-state index is 0.536. The number of aliphatic imine (C=N–C) groups is 1. The van der Waals surface area contributed by atoms with Crippen LogP contribution in [0.4, 0.5) is 5.00 Å². The second kappa shape index (κ2) is 9.81. The van der Waals surface area contributed by atoms with Crippen LogP contribution < -0.4 is 15.5 Å². The van der Waals surface area contributed by atoms with E-state index >= 15 is 0 Å². The van der Waals surface area contributed by atoms with Crippen molar-refractivity contribution in [3.63, 3.8) is 0 Å². The van der Waals surface area contributed by atoms with Gasteiger partial charge in [-0.25, -0.2) is 0 Å². The number of hydrogen-bond donors (Lipinski definition) is 2. The fourth-order valence-corrected chi connectivity index (χ4v) is 3.68. The number of rotatable bonds is 7. The fraction of sp³-hybridized carbons (Fsp3) is 0.722. The summed E-state index contributed by atoms with van der Waals surface area (Å²) in [6, 6.07) is 4.89. The number of thiophene rings is 1. The highest BCUT2D eigenvalue weighted by Crippen LogP contribution is 2.24. The Kier molecular flexibility index (Phi) is 7.72. The van der Waals surface area contributed by atoms with Crippen LogP contribution in [0.5, 0.6) is 0 Å². The Hall–Kier alpha value is -1.23. The second-order valence-electron chi connectivity index (χ2n) is 6.65. The Balaban J connectivity index is 1.76. The minimum absolute atomic E-state index is 0.536. The van der Waals surface area contributed by atoms with Crippen molar-refractivity contribution < 1.29 is 0 Å². The summed E-state index contributed by atoms with van der Waals surface area (Å²) in [6.07, 6.45) is 4.77. The molecule has 1 aliphatic rings. The van der Waals surface area contributed by atoms with Gasteiger partial charge >= 0.3 is 0 Å². The van der Waals surface area contributed by atoms with Gasteiger partial charge in [-0.3, -0.25) is 4.99 Å². The largest absolute Gasteiger partial charge is 0.363 e. The molecule has 2 rings (SSSR count). The molecule has 2 N–H and O–H groups in total. The number of anilines is 1. The molecule has 0 bridgehead atoms. The van der Waals surface area contributed by atoms with Crippen molar-refractivity contribution in [3.8, 4) is 0 Å². The summed E-state index contributed by atoms with van der Waals surface area (Å²) in [7, 11) is 0. The van der Waals surface area contributed by atoms with E-state index in [1.165, 1.54) is 30.7 Å². The van der Waals surface area contributed by atoms with Crippen molar-refractivity contribution in [1.82, 2.24) is 10.6 Å². The molecule has 5 heteroatoms. The van der Waals surface area contributed by atoms with Crippen molar-refractivity contribution in [1.29, 1.82) is 0 Å². The molecule has 0 spiro atoms. The van der Waals surface area contributed by atoms with Gasteiger partial charge < -0.3 is 15.5 Å². The molecule has 2 heterocycles. The van der Waals surface area contributed by atoms with E-state index in [1.54, 1.807) is 0 Å². The Morgan fingerprint density at radius 2 is 2.17 bits per heavy atom. The van der Waals surface area contributed by atoms with Gasteiger partial charge in [-0.1, -0.05) is 13.8 Å². The molecule has 23 heavy (non-hydrogen) atoms. The standard InChI is InChI=1S/C18H32N4S/c1-4-19-18(20-11-5-7-15(2)3)21-16-9-12-22(13-10-16)17-8-6-14-23-17/h6,8,14-16H,4-5,7,9-13H2,1-3H3,(H2,19,20,21). The first-order valence-electron chi connectivity index (χ1n) is 9.02. The van der Waals surface area contributed by atoms with Gasteiger partial charge in [0.15, 0.2) is 5.96 Å². The van der Waals surface area contributed by atoms with Crippen LogP contribution in [0.1, 0.15) is 46.5 Å². The van der Waals surface area contributed by atoms with Gasteiger partial charge in [0, 0.05) is 32.2 Å². The van der Waals surface area contributed by atoms with Gasteiger partial charge in [-0.05, 0) is 56.0 Å². The molecule has 1 aromatic heterocycles. The van der Waals surface area contributed by atoms with Crippen LogP contribution >= 0.6 is 11.3 Å². The van der Waals surface area contributed by atoms with E-state index in [9.17, 15) is 0 Å². The monoisotopic (exact) mass is 336 g/mol. The summed E-state index contributed by atoms with van der Waals surface area (Å²) < 4.78 is 0. The van der Waals surface area contributed by atoms with Gasteiger partial charge in [0.05, 0.1) is 5.00 Å².